The molecule has 0 fully saturated rings. The number of hydrogen-bond donors (Lipinski definition) is 2. The van der Waals surface area contributed by atoms with Crippen molar-refractivity contribution in [3.8, 4) is 5.75 Å². The molecular formula is C14H21N3OS. The van der Waals surface area contributed by atoms with Crippen molar-refractivity contribution in [2.45, 2.75) is 26.7 Å². The van der Waals surface area contributed by atoms with E-state index in [0.29, 0.717) is 5.11 Å². The summed E-state index contributed by atoms with van der Waals surface area (Å²) >= 11 is 5.00. The zero-order chi connectivity index (χ0) is 13.9. The molecule has 1 aromatic carbocycles. The maximum Gasteiger partial charge on any atom is 0.186 e. The zero-order valence-electron chi connectivity index (χ0n) is 11.5. The normalized spacial score (nSPS) is 10.4. The van der Waals surface area contributed by atoms with E-state index in [0.717, 1.165) is 37.3 Å². The molecule has 2 N–H and O–H groups in total. The summed E-state index contributed by atoms with van der Waals surface area (Å²) in [5, 5.41) is 7.55. The SMILES string of the molecule is CCCCOc1cccc(/C=N/NC(=S)NCC)c1. The van der Waals surface area contributed by atoms with Crippen molar-refractivity contribution in [3.63, 3.8) is 0 Å². The predicted molar refractivity (Wildman–Crippen MR) is 83.8 cm³/mol. The lowest BCUT2D eigenvalue weighted by atomic mass is 10.2. The molecule has 1 rings (SSSR count). The molecule has 0 unspecified atom stereocenters. The maximum atomic E-state index is 5.63. The Morgan fingerprint density at radius 3 is 3.00 bits per heavy atom. The van der Waals surface area contributed by atoms with E-state index >= 15 is 0 Å². The van der Waals surface area contributed by atoms with Gasteiger partial charge in [0.1, 0.15) is 5.75 Å². The van der Waals surface area contributed by atoms with E-state index in [1.807, 2.05) is 31.2 Å². The first-order valence-corrected chi connectivity index (χ1v) is 6.96. The summed E-state index contributed by atoms with van der Waals surface area (Å²) in [6.45, 7) is 5.65. The van der Waals surface area contributed by atoms with E-state index in [-0.39, 0.29) is 0 Å². The molecule has 0 amide bonds. The van der Waals surface area contributed by atoms with Crippen LogP contribution in [0.25, 0.3) is 0 Å². The van der Waals surface area contributed by atoms with E-state index in [4.69, 9.17) is 17.0 Å². The van der Waals surface area contributed by atoms with Gasteiger partial charge in [-0.25, -0.2) is 0 Å². The van der Waals surface area contributed by atoms with Crippen LogP contribution >= 0.6 is 12.2 Å². The number of nitrogens with zero attached hydrogens (tertiary/aromatic N) is 1. The highest BCUT2D eigenvalue weighted by Crippen LogP contribution is 2.12. The molecule has 0 bridgehead atoms. The van der Waals surface area contributed by atoms with Crippen LogP contribution in [0, 0.1) is 0 Å². The minimum absolute atomic E-state index is 0.522. The summed E-state index contributed by atoms with van der Waals surface area (Å²) < 4.78 is 5.63. The summed E-state index contributed by atoms with van der Waals surface area (Å²) in [5.41, 5.74) is 3.73. The van der Waals surface area contributed by atoms with E-state index in [1.54, 1.807) is 6.21 Å². The van der Waals surface area contributed by atoms with Gasteiger partial charge in [-0.3, -0.25) is 5.43 Å². The highest BCUT2D eigenvalue weighted by Gasteiger charge is 1.95. The van der Waals surface area contributed by atoms with Crippen LogP contribution in [0.5, 0.6) is 5.75 Å². The predicted octanol–water partition coefficient (Wildman–Crippen LogP) is 2.68. The largest absolute Gasteiger partial charge is 0.494 e. The average Bonchev–Trinajstić information content (AvgIpc) is 2.40. The van der Waals surface area contributed by atoms with Crippen molar-refractivity contribution >= 4 is 23.5 Å². The lowest BCUT2D eigenvalue weighted by Crippen LogP contribution is -2.31. The molecule has 104 valence electrons. The fourth-order valence-corrected chi connectivity index (χ4v) is 1.58. The molecule has 0 saturated heterocycles. The first-order valence-electron chi connectivity index (χ1n) is 6.56. The molecule has 4 nitrogen and oxygen atoms in total. The van der Waals surface area contributed by atoms with Crippen LogP contribution in [0.2, 0.25) is 0 Å². The number of rotatable bonds is 7. The summed E-state index contributed by atoms with van der Waals surface area (Å²) in [6.07, 6.45) is 3.92. The van der Waals surface area contributed by atoms with Gasteiger partial charge in [-0.1, -0.05) is 25.5 Å². The highest BCUT2D eigenvalue weighted by molar-refractivity contribution is 7.80. The maximum absolute atomic E-state index is 5.63. The van der Waals surface area contributed by atoms with Gasteiger partial charge < -0.3 is 10.1 Å². The second-order valence-corrected chi connectivity index (χ2v) is 4.41. The third-order valence-corrected chi connectivity index (χ3v) is 2.58. The van der Waals surface area contributed by atoms with Gasteiger partial charge in [0.15, 0.2) is 5.11 Å². The lowest BCUT2D eigenvalue weighted by Gasteiger charge is -2.06. The quantitative estimate of drug-likeness (QED) is 0.349. The number of thiocarbonyl (C=S) groups is 1. The minimum atomic E-state index is 0.522. The Labute approximate surface area is 120 Å². The van der Waals surface area contributed by atoms with Crippen LogP contribution in [0.4, 0.5) is 0 Å². The number of hydrogen-bond acceptors (Lipinski definition) is 3. The second kappa shape index (κ2) is 9.33. The van der Waals surface area contributed by atoms with Crippen LogP contribution in [-0.2, 0) is 0 Å². The molecule has 19 heavy (non-hydrogen) atoms. The van der Waals surface area contributed by atoms with Gasteiger partial charge in [-0.2, -0.15) is 5.10 Å². The fraction of sp³-hybridized carbons (Fsp3) is 0.429. The number of unbranched alkanes of at least 4 members (excludes halogenated alkanes) is 1. The van der Waals surface area contributed by atoms with Gasteiger partial charge >= 0.3 is 0 Å². The van der Waals surface area contributed by atoms with Gasteiger partial charge in [0, 0.05) is 6.54 Å². The van der Waals surface area contributed by atoms with Gasteiger partial charge in [0.25, 0.3) is 0 Å². The van der Waals surface area contributed by atoms with Crippen molar-refractivity contribution in [1.29, 1.82) is 0 Å². The molecule has 1 aromatic rings. The summed E-state index contributed by atoms with van der Waals surface area (Å²) in [6, 6.07) is 7.82. The highest BCUT2D eigenvalue weighted by atomic mass is 32.1. The first-order chi connectivity index (χ1) is 9.26. The molecule has 0 atom stereocenters. The number of ether oxygens (including phenoxy) is 1. The third-order valence-electron chi connectivity index (χ3n) is 2.34. The minimum Gasteiger partial charge on any atom is -0.494 e. The Morgan fingerprint density at radius 2 is 2.26 bits per heavy atom. The van der Waals surface area contributed by atoms with Crippen LogP contribution < -0.4 is 15.5 Å². The van der Waals surface area contributed by atoms with Gasteiger partial charge in [0.05, 0.1) is 12.8 Å². The molecule has 5 heteroatoms. The van der Waals surface area contributed by atoms with Crippen molar-refractivity contribution < 1.29 is 4.74 Å². The Bertz CT molecular complexity index is 421. The molecule has 0 aliphatic carbocycles. The monoisotopic (exact) mass is 279 g/mol. The number of nitrogens with one attached hydrogen (secondary N) is 2. The third kappa shape index (κ3) is 6.76. The molecule has 0 aliphatic rings. The topological polar surface area (TPSA) is 45.6 Å². The Balaban J connectivity index is 2.47. The second-order valence-electron chi connectivity index (χ2n) is 4.00. The van der Waals surface area contributed by atoms with Crippen molar-refractivity contribution in [3.05, 3.63) is 29.8 Å². The molecule has 0 aromatic heterocycles. The molecular weight excluding hydrogens is 258 g/mol. The van der Waals surface area contributed by atoms with Crippen LogP contribution in [0.3, 0.4) is 0 Å². The lowest BCUT2D eigenvalue weighted by molar-refractivity contribution is 0.309. The van der Waals surface area contributed by atoms with E-state index < -0.39 is 0 Å². The van der Waals surface area contributed by atoms with E-state index in [1.165, 1.54) is 0 Å². The van der Waals surface area contributed by atoms with Gasteiger partial charge in [-0.05, 0) is 43.3 Å². The van der Waals surface area contributed by atoms with E-state index in [2.05, 4.69) is 22.8 Å². The summed E-state index contributed by atoms with van der Waals surface area (Å²) in [5.74, 6) is 0.867. The summed E-state index contributed by atoms with van der Waals surface area (Å²) in [4.78, 5) is 0. The van der Waals surface area contributed by atoms with Crippen molar-refractivity contribution in [2.75, 3.05) is 13.2 Å². The Kier molecular flexibility index (Phi) is 7.58. The zero-order valence-corrected chi connectivity index (χ0v) is 12.3. The molecule has 0 radical (unpaired) electrons. The van der Waals surface area contributed by atoms with Crippen LogP contribution in [-0.4, -0.2) is 24.5 Å². The van der Waals surface area contributed by atoms with Crippen molar-refractivity contribution in [1.82, 2.24) is 10.7 Å². The number of hydrazone groups is 1. The Hall–Kier alpha value is -1.62. The number of benzene rings is 1. The molecule has 0 spiro atoms. The molecule has 0 saturated carbocycles. The average molecular weight is 279 g/mol. The van der Waals surface area contributed by atoms with E-state index in [9.17, 15) is 0 Å². The molecule has 0 aliphatic heterocycles. The first kappa shape index (κ1) is 15.4. The Morgan fingerprint density at radius 1 is 1.42 bits per heavy atom. The van der Waals surface area contributed by atoms with Crippen molar-refractivity contribution in [2.24, 2.45) is 5.10 Å². The fourth-order valence-electron chi connectivity index (χ4n) is 1.38. The summed E-state index contributed by atoms with van der Waals surface area (Å²) in [7, 11) is 0. The van der Waals surface area contributed by atoms with Gasteiger partial charge in [-0.15, -0.1) is 0 Å². The standard InChI is InChI=1S/C14H21N3OS/c1-3-5-9-18-13-8-6-7-12(10-13)11-16-17-14(19)15-4-2/h6-8,10-11H,3-5,9H2,1-2H3,(H2,15,17,19)/b16-11+. The molecule has 0 heterocycles. The van der Waals surface area contributed by atoms with Crippen LogP contribution in [0.15, 0.2) is 29.4 Å². The van der Waals surface area contributed by atoms with Crippen LogP contribution in [0.1, 0.15) is 32.3 Å². The smallest absolute Gasteiger partial charge is 0.186 e. The van der Waals surface area contributed by atoms with Gasteiger partial charge in [0.2, 0.25) is 0 Å².